The Balaban J connectivity index is 2.93. The van der Waals surface area contributed by atoms with Crippen LogP contribution in [0.2, 0.25) is 0 Å². The molecule has 1 rings (SSSR count). The summed E-state index contributed by atoms with van der Waals surface area (Å²) in [6.45, 7) is 4.02. The molecule has 0 aliphatic heterocycles. The largest absolute Gasteiger partial charge is 0.768 e. The highest BCUT2D eigenvalue weighted by molar-refractivity contribution is 7.79. The first kappa shape index (κ1) is 9.35. The summed E-state index contributed by atoms with van der Waals surface area (Å²) >= 11 is -2.16. The van der Waals surface area contributed by atoms with Gasteiger partial charge in [-0.1, -0.05) is 13.8 Å². The summed E-state index contributed by atoms with van der Waals surface area (Å²) in [4.78, 5) is 4.24. The lowest BCUT2D eigenvalue weighted by Gasteiger charge is -2.07. The molecule has 1 aromatic rings. The van der Waals surface area contributed by atoms with E-state index in [9.17, 15) is 8.76 Å². The van der Waals surface area contributed by atoms with Crippen LogP contribution in [0.15, 0.2) is 23.2 Å². The van der Waals surface area contributed by atoms with E-state index in [1.807, 2.05) is 13.8 Å². The molecule has 12 heavy (non-hydrogen) atoms. The highest BCUT2D eigenvalue weighted by atomic mass is 32.2. The fraction of sp³-hybridized carbons (Fsp3) is 0.375. The van der Waals surface area contributed by atoms with E-state index in [2.05, 4.69) is 4.98 Å². The van der Waals surface area contributed by atoms with Gasteiger partial charge in [0.1, 0.15) is 0 Å². The number of rotatable bonds is 2. The normalized spacial score (nSPS) is 13.3. The highest BCUT2D eigenvalue weighted by Gasteiger charge is 1.99. The van der Waals surface area contributed by atoms with Crippen molar-refractivity contribution in [1.82, 2.24) is 4.98 Å². The van der Waals surface area contributed by atoms with E-state index in [0.29, 0.717) is 5.92 Å². The predicted molar refractivity (Wildman–Crippen MR) is 45.5 cm³/mol. The minimum atomic E-state index is -2.16. The molecule has 0 amide bonds. The van der Waals surface area contributed by atoms with Gasteiger partial charge in [0.2, 0.25) is 0 Å². The SMILES string of the molecule is CC(C)c1ccc(S(=O)[O-])cn1. The van der Waals surface area contributed by atoms with Gasteiger partial charge in [-0.15, -0.1) is 0 Å². The average Bonchev–Trinajstić information content (AvgIpc) is 2.04. The zero-order valence-corrected chi connectivity index (χ0v) is 7.80. The summed E-state index contributed by atoms with van der Waals surface area (Å²) in [5, 5.41) is 0. The van der Waals surface area contributed by atoms with Crippen LogP contribution in [-0.2, 0) is 11.1 Å². The van der Waals surface area contributed by atoms with Crippen LogP contribution in [-0.4, -0.2) is 13.7 Å². The fourth-order valence-electron chi connectivity index (χ4n) is 0.832. The van der Waals surface area contributed by atoms with Gasteiger partial charge in [0.05, 0.1) is 0 Å². The Bertz CT molecular complexity index is 282. The minimum Gasteiger partial charge on any atom is -0.768 e. The van der Waals surface area contributed by atoms with Crippen molar-refractivity contribution in [2.24, 2.45) is 0 Å². The maximum absolute atomic E-state index is 10.4. The molecule has 0 saturated carbocycles. The second-order valence-electron chi connectivity index (χ2n) is 2.81. The number of hydrogen-bond donors (Lipinski definition) is 0. The second-order valence-corrected chi connectivity index (χ2v) is 3.75. The summed E-state index contributed by atoms with van der Waals surface area (Å²) in [7, 11) is 0. The molecule has 3 nitrogen and oxygen atoms in total. The molecule has 0 radical (unpaired) electrons. The van der Waals surface area contributed by atoms with Crippen LogP contribution in [0.3, 0.4) is 0 Å². The Morgan fingerprint density at radius 2 is 2.17 bits per heavy atom. The van der Waals surface area contributed by atoms with Crippen molar-refractivity contribution in [3.05, 3.63) is 24.0 Å². The molecule has 4 heteroatoms. The quantitative estimate of drug-likeness (QED) is 0.653. The number of nitrogens with zero attached hydrogens (tertiary/aromatic N) is 1. The topological polar surface area (TPSA) is 53.0 Å². The van der Waals surface area contributed by atoms with Crippen molar-refractivity contribution in [1.29, 1.82) is 0 Å². The molecule has 0 aliphatic rings. The molecular formula is C8H10NO2S-. The Hall–Kier alpha value is -0.740. The monoisotopic (exact) mass is 184 g/mol. The lowest BCUT2D eigenvalue weighted by Crippen LogP contribution is -1.95. The Morgan fingerprint density at radius 3 is 2.50 bits per heavy atom. The van der Waals surface area contributed by atoms with Gasteiger partial charge in [0, 0.05) is 16.8 Å². The van der Waals surface area contributed by atoms with Crippen molar-refractivity contribution in [2.45, 2.75) is 24.7 Å². The Labute approximate surface area is 74.1 Å². The van der Waals surface area contributed by atoms with Gasteiger partial charge in [-0.25, -0.2) is 0 Å². The predicted octanol–water partition coefficient (Wildman–Crippen LogP) is 1.44. The second kappa shape index (κ2) is 3.78. The minimum absolute atomic E-state index is 0.236. The van der Waals surface area contributed by atoms with Gasteiger partial charge in [-0.05, 0) is 29.1 Å². The molecular weight excluding hydrogens is 174 g/mol. The van der Waals surface area contributed by atoms with Crippen LogP contribution >= 0.6 is 0 Å². The van der Waals surface area contributed by atoms with E-state index in [-0.39, 0.29) is 4.90 Å². The summed E-state index contributed by atoms with van der Waals surface area (Å²) in [5.41, 5.74) is 0.907. The van der Waals surface area contributed by atoms with Crippen LogP contribution in [0.1, 0.15) is 25.5 Å². The number of pyridine rings is 1. The van der Waals surface area contributed by atoms with Gasteiger partial charge < -0.3 is 4.55 Å². The number of hydrogen-bond acceptors (Lipinski definition) is 3. The van der Waals surface area contributed by atoms with Crippen LogP contribution in [0.25, 0.3) is 0 Å². The van der Waals surface area contributed by atoms with Gasteiger partial charge in [0.25, 0.3) is 0 Å². The van der Waals surface area contributed by atoms with Crippen LogP contribution in [0, 0.1) is 0 Å². The van der Waals surface area contributed by atoms with Gasteiger partial charge >= 0.3 is 0 Å². The Morgan fingerprint density at radius 1 is 1.50 bits per heavy atom. The molecule has 1 aromatic heterocycles. The lowest BCUT2D eigenvalue weighted by molar-refractivity contribution is 0.536. The van der Waals surface area contributed by atoms with Gasteiger partial charge in [-0.2, -0.15) is 0 Å². The van der Waals surface area contributed by atoms with Gasteiger partial charge in [0.15, 0.2) is 0 Å². The lowest BCUT2D eigenvalue weighted by atomic mass is 10.1. The van der Waals surface area contributed by atoms with E-state index >= 15 is 0 Å². The molecule has 0 aromatic carbocycles. The summed E-state index contributed by atoms with van der Waals surface area (Å²) in [5.74, 6) is 0.333. The van der Waals surface area contributed by atoms with Crippen molar-refractivity contribution in [3.63, 3.8) is 0 Å². The molecule has 1 unspecified atom stereocenters. The highest BCUT2D eigenvalue weighted by Crippen LogP contribution is 2.12. The molecule has 0 saturated heterocycles. The average molecular weight is 184 g/mol. The summed E-state index contributed by atoms with van der Waals surface area (Å²) in [6.07, 6.45) is 1.37. The van der Waals surface area contributed by atoms with E-state index in [1.165, 1.54) is 6.20 Å². The first-order valence-electron chi connectivity index (χ1n) is 3.66. The van der Waals surface area contributed by atoms with Crippen LogP contribution in [0.5, 0.6) is 0 Å². The zero-order valence-electron chi connectivity index (χ0n) is 6.98. The van der Waals surface area contributed by atoms with Crippen molar-refractivity contribution < 1.29 is 8.76 Å². The smallest absolute Gasteiger partial charge is 0.0432 e. The fourth-order valence-corrected chi connectivity index (χ4v) is 1.15. The molecule has 0 aliphatic carbocycles. The molecule has 0 spiro atoms. The summed E-state index contributed by atoms with van der Waals surface area (Å²) < 4.78 is 20.9. The summed E-state index contributed by atoms with van der Waals surface area (Å²) in [6, 6.07) is 3.29. The standard InChI is InChI=1S/C8H11NO2S/c1-6(2)8-4-3-7(5-9-8)12(10)11/h3-6H,1-2H3,(H,10,11)/p-1. The van der Waals surface area contributed by atoms with E-state index in [4.69, 9.17) is 0 Å². The van der Waals surface area contributed by atoms with Crippen LogP contribution in [0.4, 0.5) is 0 Å². The zero-order chi connectivity index (χ0) is 9.14. The van der Waals surface area contributed by atoms with Crippen molar-refractivity contribution >= 4 is 11.1 Å². The molecule has 1 heterocycles. The third-order valence-corrected chi connectivity index (χ3v) is 2.17. The molecule has 0 fully saturated rings. The molecule has 0 N–H and O–H groups in total. The van der Waals surface area contributed by atoms with E-state index in [0.717, 1.165) is 5.69 Å². The number of aromatic nitrogens is 1. The molecule has 0 bridgehead atoms. The third-order valence-electron chi connectivity index (χ3n) is 1.54. The molecule has 1 atom stereocenters. The van der Waals surface area contributed by atoms with Gasteiger partial charge in [-0.3, -0.25) is 9.19 Å². The van der Waals surface area contributed by atoms with E-state index in [1.54, 1.807) is 12.1 Å². The van der Waals surface area contributed by atoms with Crippen molar-refractivity contribution in [2.75, 3.05) is 0 Å². The first-order chi connectivity index (χ1) is 5.61. The maximum Gasteiger partial charge on any atom is 0.0432 e. The first-order valence-corrected chi connectivity index (χ1v) is 4.74. The van der Waals surface area contributed by atoms with E-state index < -0.39 is 11.1 Å². The molecule has 66 valence electrons. The Kier molecular flexibility index (Phi) is 2.94. The van der Waals surface area contributed by atoms with Crippen molar-refractivity contribution in [3.8, 4) is 0 Å². The maximum atomic E-state index is 10.4. The third kappa shape index (κ3) is 2.12. The van der Waals surface area contributed by atoms with Crippen LogP contribution < -0.4 is 0 Å².